The van der Waals surface area contributed by atoms with Crippen LogP contribution in [-0.4, -0.2) is 12.1 Å². The van der Waals surface area contributed by atoms with Gasteiger partial charge in [-0.3, -0.25) is 4.79 Å². The van der Waals surface area contributed by atoms with Crippen molar-refractivity contribution in [2.75, 3.05) is 0 Å². The lowest BCUT2D eigenvalue weighted by Crippen LogP contribution is -2.16. The minimum absolute atomic E-state index is 0.0370. The van der Waals surface area contributed by atoms with Gasteiger partial charge in [-0.2, -0.15) is 0 Å². The van der Waals surface area contributed by atoms with Gasteiger partial charge in [-0.1, -0.05) is 0 Å². The Hall–Kier alpha value is -0.530. The van der Waals surface area contributed by atoms with E-state index in [0.29, 0.717) is 0 Å². The van der Waals surface area contributed by atoms with Crippen molar-refractivity contribution in [2.24, 2.45) is 5.41 Å². The molecule has 10 heavy (non-hydrogen) atoms. The Morgan fingerprint density at radius 3 is 2.50 bits per heavy atom. The molecule has 0 bridgehead atoms. The number of hydrogen-bond acceptors (Lipinski definition) is 2. The Morgan fingerprint density at radius 2 is 2.10 bits per heavy atom. The zero-order chi connectivity index (χ0) is 7.19. The number of ether oxygens (including phenoxy) is 1. The van der Waals surface area contributed by atoms with Gasteiger partial charge >= 0.3 is 5.97 Å². The van der Waals surface area contributed by atoms with E-state index in [2.05, 4.69) is 0 Å². The first-order chi connectivity index (χ1) is 4.71. The molecule has 0 saturated heterocycles. The highest BCUT2D eigenvalue weighted by Gasteiger charge is 2.48. The van der Waals surface area contributed by atoms with Gasteiger partial charge in [0.15, 0.2) is 0 Å². The SMILES string of the molecule is CC1(C(=O)OC2CC2)CC1. The summed E-state index contributed by atoms with van der Waals surface area (Å²) in [5, 5.41) is 0. The summed E-state index contributed by atoms with van der Waals surface area (Å²) in [6, 6.07) is 0. The molecule has 0 aromatic rings. The smallest absolute Gasteiger partial charge is 0.312 e. The van der Waals surface area contributed by atoms with Crippen LogP contribution in [0, 0.1) is 5.41 Å². The quantitative estimate of drug-likeness (QED) is 0.543. The van der Waals surface area contributed by atoms with Crippen molar-refractivity contribution in [3.05, 3.63) is 0 Å². The number of hydrogen-bond donors (Lipinski definition) is 0. The molecule has 0 N–H and O–H groups in total. The predicted octanol–water partition coefficient (Wildman–Crippen LogP) is 1.49. The van der Waals surface area contributed by atoms with Gasteiger partial charge < -0.3 is 4.74 Å². The average molecular weight is 140 g/mol. The summed E-state index contributed by atoms with van der Waals surface area (Å²) in [4.78, 5) is 11.2. The van der Waals surface area contributed by atoms with E-state index in [1.165, 1.54) is 0 Å². The summed E-state index contributed by atoms with van der Waals surface area (Å²) in [7, 11) is 0. The minimum Gasteiger partial charge on any atom is -0.462 e. The summed E-state index contributed by atoms with van der Waals surface area (Å²) in [5.74, 6) is 0.0370. The standard InChI is InChI=1S/C8H12O2/c1-8(4-5-8)7(9)10-6-2-3-6/h6H,2-5H2,1H3. The van der Waals surface area contributed by atoms with Crippen LogP contribution in [0.15, 0.2) is 0 Å². The Labute approximate surface area is 60.6 Å². The zero-order valence-corrected chi connectivity index (χ0v) is 6.22. The first-order valence-corrected chi connectivity index (χ1v) is 3.92. The molecular weight excluding hydrogens is 128 g/mol. The van der Waals surface area contributed by atoms with Gasteiger partial charge in [-0.05, 0) is 32.6 Å². The third-order valence-corrected chi connectivity index (χ3v) is 2.29. The van der Waals surface area contributed by atoms with Crippen molar-refractivity contribution >= 4 is 5.97 Å². The van der Waals surface area contributed by atoms with Crippen LogP contribution < -0.4 is 0 Å². The highest BCUT2D eigenvalue weighted by Crippen LogP contribution is 2.47. The maximum atomic E-state index is 11.2. The van der Waals surface area contributed by atoms with Crippen LogP contribution >= 0.6 is 0 Å². The molecule has 0 aliphatic heterocycles. The molecule has 56 valence electrons. The summed E-state index contributed by atoms with van der Waals surface area (Å²) >= 11 is 0. The lowest BCUT2D eigenvalue weighted by atomic mass is 10.1. The van der Waals surface area contributed by atoms with Crippen LogP contribution in [0.3, 0.4) is 0 Å². The van der Waals surface area contributed by atoms with Gasteiger partial charge in [0.05, 0.1) is 5.41 Å². The second-order valence-corrected chi connectivity index (χ2v) is 3.67. The monoisotopic (exact) mass is 140 g/mol. The minimum atomic E-state index is -0.0808. The van der Waals surface area contributed by atoms with E-state index in [-0.39, 0.29) is 17.5 Å². The summed E-state index contributed by atoms with van der Waals surface area (Å²) in [6.45, 7) is 1.98. The molecule has 0 spiro atoms. The fourth-order valence-corrected chi connectivity index (χ4v) is 0.871. The Bertz CT molecular complexity index is 166. The van der Waals surface area contributed by atoms with Crippen molar-refractivity contribution < 1.29 is 9.53 Å². The van der Waals surface area contributed by atoms with Crippen molar-refractivity contribution in [3.63, 3.8) is 0 Å². The lowest BCUT2D eigenvalue weighted by Gasteiger charge is -2.06. The van der Waals surface area contributed by atoms with Crippen LogP contribution in [0.4, 0.5) is 0 Å². The van der Waals surface area contributed by atoms with Gasteiger partial charge in [0.1, 0.15) is 6.10 Å². The molecule has 2 saturated carbocycles. The normalized spacial score (nSPS) is 27.7. The van der Waals surface area contributed by atoms with Crippen LogP contribution in [0.2, 0.25) is 0 Å². The van der Waals surface area contributed by atoms with E-state index in [9.17, 15) is 4.79 Å². The van der Waals surface area contributed by atoms with E-state index in [4.69, 9.17) is 4.74 Å². The van der Waals surface area contributed by atoms with Crippen molar-refractivity contribution in [1.82, 2.24) is 0 Å². The van der Waals surface area contributed by atoms with Gasteiger partial charge in [0.2, 0.25) is 0 Å². The van der Waals surface area contributed by atoms with Crippen LogP contribution in [0.25, 0.3) is 0 Å². The molecule has 2 nitrogen and oxygen atoms in total. The molecule has 0 aromatic heterocycles. The first kappa shape index (κ1) is 6.20. The fraction of sp³-hybridized carbons (Fsp3) is 0.875. The number of rotatable bonds is 2. The fourth-order valence-electron chi connectivity index (χ4n) is 0.871. The molecule has 2 aliphatic rings. The molecule has 2 rings (SSSR count). The van der Waals surface area contributed by atoms with E-state index < -0.39 is 0 Å². The number of esters is 1. The van der Waals surface area contributed by atoms with Gasteiger partial charge in [0.25, 0.3) is 0 Å². The Balaban J connectivity index is 1.85. The van der Waals surface area contributed by atoms with Crippen LogP contribution in [0.5, 0.6) is 0 Å². The second kappa shape index (κ2) is 1.74. The molecule has 2 heteroatoms. The van der Waals surface area contributed by atoms with E-state index in [1.807, 2.05) is 6.92 Å². The Morgan fingerprint density at radius 1 is 1.50 bits per heavy atom. The molecule has 0 heterocycles. The average Bonchev–Trinajstić information content (AvgIpc) is 2.67. The molecular formula is C8H12O2. The highest BCUT2D eigenvalue weighted by atomic mass is 16.5. The van der Waals surface area contributed by atoms with Crippen LogP contribution in [0.1, 0.15) is 32.6 Å². The molecule has 0 aromatic carbocycles. The first-order valence-electron chi connectivity index (χ1n) is 3.92. The predicted molar refractivity (Wildman–Crippen MR) is 36.5 cm³/mol. The van der Waals surface area contributed by atoms with E-state index in [0.717, 1.165) is 25.7 Å². The topological polar surface area (TPSA) is 26.3 Å². The second-order valence-electron chi connectivity index (χ2n) is 3.67. The molecule has 0 amide bonds. The number of carbonyl (C=O) groups is 1. The van der Waals surface area contributed by atoms with E-state index in [1.54, 1.807) is 0 Å². The third kappa shape index (κ3) is 1.02. The number of carbonyl (C=O) groups excluding carboxylic acids is 1. The largest absolute Gasteiger partial charge is 0.462 e. The maximum Gasteiger partial charge on any atom is 0.312 e. The molecule has 0 unspecified atom stereocenters. The van der Waals surface area contributed by atoms with Gasteiger partial charge in [-0.15, -0.1) is 0 Å². The molecule has 0 atom stereocenters. The van der Waals surface area contributed by atoms with Crippen molar-refractivity contribution in [1.29, 1.82) is 0 Å². The lowest BCUT2D eigenvalue weighted by molar-refractivity contribution is -0.150. The third-order valence-electron chi connectivity index (χ3n) is 2.29. The summed E-state index contributed by atoms with van der Waals surface area (Å²) in [6.07, 6.45) is 4.51. The maximum absolute atomic E-state index is 11.2. The van der Waals surface area contributed by atoms with Gasteiger partial charge in [0, 0.05) is 0 Å². The summed E-state index contributed by atoms with van der Waals surface area (Å²) < 4.78 is 5.15. The van der Waals surface area contributed by atoms with Crippen LogP contribution in [-0.2, 0) is 9.53 Å². The summed E-state index contributed by atoms with van der Waals surface area (Å²) in [5.41, 5.74) is -0.0808. The molecule has 2 fully saturated rings. The Kier molecular flexibility index (Phi) is 1.08. The van der Waals surface area contributed by atoms with E-state index >= 15 is 0 Å². The van der Waals surface area contributed by atoms with Crippen molar-refractivity contribution in [3.8, 4) is 0 Å². The van der Waals surface area contributed by atoms with Gasteiger partial charge in [-0.25, -0.2) is 0 Å². The zero-order valence-electron chi connectivity index (χ0n) is 6.22. The highest BCUT2D eigenvalue weighted by molar-refractivity contribution is 5.79. The molecule has 2 aliphatic carbocycles. The van der Waals surface area contributed by atoms with Crippen molar-refractivity contribution in [2.45, 2.75) is 38.7 Å². The molecule has 0 radical (unpaired) electrons.